The molecule has 0 aliphatic carbocycles. The van der Waals surface area contributed by atoms with Crippen LogP contribution in [-0.4, -0.2) is 26.9 Å². The van der Waals surface area contributed by atoms with Crippen molar-refractivity contribution in [3.05, 3.63) is 54.7 Å². The lowest BCUT2D eigenvalue weighted by Crippen LogP contribution is -3.00. The Hall–Kier alpha value is -2.95. The Kier molecular flexibility index (Phi) is 16.4. The number of nitrogens with zero attached hydrogens (tertiary/aromatic N) is 3. The van der Waals surface area contributed by atoms with E-state index in [9.17, 15) is 0 Å². The maximum atomic E-state index is 8.93. The van der Waals surface area contributed by atoms with Crippen molar-refractivity contribution in [2.24, 2.45) is 21.1 Å². The Labute approximate surface area is 193 Å². The second kappa shape index (κ2) is 16.8. The summed E-state index contributed by atoms with van der Waals surface area (Å²) in [6, 6.07) is 0. The van der Waals surface area contributed by atoms with Crippen molar-refractivity contribution in [1.82, 2.24) is 15.0 Å². The third-order valence-corrected chi connectivity index (χ3v) is 4.09. The molecule has 10 nitrogen and oxygen atoms in total. The summed E-state index contributed by atoms with van der Waals surface area (Å²) in [5.74, 6) is -0.565. The minimum atomic E-state index is -2.19. The van der Waals surface area contributed by atoms with Gasteiger partial charge in [-0.1, -0.05) is 20.8 Å². The molecule has 0 aliphatic rings. The van der Waals surface area contributed by atoms with Gasteiger partial charge in [0.15, 0.2) is 0 Å². The highest BCUT2D eigenvalue weighted by atomic mass is 79.9. The number of nitrogens with one attached hydrogen (secondary N) is 3. The molecule has 0 aromatic carbocycles. The summed E-state index contributed by atoms with van der Waals surface area (Å²) in [6.07, 6.45) is 15.1. The molecule has 3 heterocycles. The first-order valence-electron chi connectivity index (χ1n) is 9.65. The highest BCUT2D eigenvalue weighted by Crippen LogP contribution is 1.84. The van der Waals surface area contributed by atoms with Crippen molar-refractivity contribution in [2.75, 3.05) is 0 Å². The average Bonchev–Trinajstić information content (AvgIpc) is 3.44. The third-order valence-electron chi connectivity index (χ3n) is 4.09. The minimum absolute atomic E-state index is 0. The number of imidazole rings is 3. The van der Waals surface area contributed by atoms with Crippen LogP contribution in [0.15, 0.2) is 37.2 Å². The van der Waals surface area contributed by atoms with Gasteiger partial charge in [0.2, 0.25) is 0 Å². The van der Waals surface area contributed by atoms with E-state index < -0.39 is 11.9 Å². The highest BCUT2D eigenvalue weighted by molar-refractivity contribution is 6.25. The van der Waals surface area contributed by atoms with Gasteiger partial charge >= 0.3 is 0 Å². The molecule has 3 N–H and O–H groups in total. The Morgan fingerprint density at radius 3 is 0.968 bits per heavy atom. The molecule has 11 heteroatoms. The Balaban J connectivity index is 0. The highest BCUT2D eigenvalue weighted by Gasteiger charge is 2.00. The van der Waals surface area contributed by atoms with Crippen molar-refractivity contribution >= 4 is 11.9 Å². The lowest BCUT2D eigenvalue weighted by atomic mass is 10.5. The molecule has 0 saturated carbocycles. The van der Waals surface area contributed by atoms with E-state index in [1.807, 2.05) is 58.3 Å². The van der Waals surface area contributed by atoms with Crippen LogP contribution in [-0.2, 0) is 50.0 Å². The van der Waals surface area contributed by atoms with Gasteiger partial charge in [0.25, 0.3) is 17.5 Å². The van der Waals surface area contributed by atoms with Crippen LogP contribution in [0.25, 0.3) is 0 Å². The number of rotatable bonds is 3. The van der Waals surface area contributed by atoms with Crippen molar-refractivity contribution < 1.29 is 50.5 Å². The topological polar surface area (TPSA) is 139 Å². The zero-order valence-electron chi connectivity index (χ0n) is 18.9. The van der Waals surface area contributed by atoms with Crippen LogP contribution in [0.3, 0.4) is 0 Å². The van der Waals surface area contributed by atoms with Crippen LogP contribution in [0, 0.1) is 0 Å². The van der Waals surface area contributed by atoms with Gasteiger partial charge < -0.3 is 36.8 Å². The molecule has 0 atom stereocenters. The SMILES string of the molecule is CCc1[nH]cc[n+]1C.CCc1[nH]cc[n+]1C.CCc1[nH]cc[n+]1C.O=C([O-])C(=O)[O-].[Br-]. The van der Waals surface area contributed by atoms with Crippen LogP contribution < -0.4 is 40.9 Å². The third kappa shape index (κ3) is 12.4. The van der Waals surface area contributed by atoms with Crippen LogP contribution >= 0.6 is 0 Å². The number of aromatic nitrogens is 6. The zero-order valence-corrected chi connectivity index (χ0v) is 20.5. The molecular formula is C20H33BrN6O4. The predicted molar refractivity (Wildman–Crippen MR) is 104 cm³/mol. The van der Waals surface area contributed by atoms with E-state index in [1.54, 1.807) is 0 Å². The second-order valence-corrected chi connectivity index (χ2v) is 6.19. The van der Waals surface area contributed by atoms with E-state index in [2.05, 4.69) is 49.4 Å². The monoisotopic (exact) mass is 500 g/mol. The standard InChI is InChI=1S/3C6H10N2.C2H2O4.BrH/c3*1-3-6-7-4-5-8(6)2;3-1(4)2(5)6;/h3*4-5H,3H2,1-2H3;(H,3,4)(H,5,6);1H. The van der Waals surface area contributed by atoms with Crippen molar-refractivity contribution in [3.8, 4) is 0 Å². The summed E-state index contributed by atoms with van der Waals surface area (Å²) in [6.45, 7) is 6.39. The molecule has 3 aromatic heterocycles. The minimum Gasteiger partial charge on any atom is -1.00 e. The van der Waals surface area contributed by atoms with E-state index in [0.29, 0.717) is 0 Å². The van der Waals surface area contributed by atoms with Crippen LogP contribution in [0.2, 0.25) is 0 Å². The molecule has 0 spiro atoms. The van der Waals surface area contributed by atoms with Gasteiger partial charge in [0, 0.05) is 19.3 Å². The van der Waals surface area contributed by atoms with E-state index in [1.165, 1.54) is 17.5 Å². The van der Waals surface area contributed by atoms with Crippen molar-refractivity contribution in [3.63, 3.8) is 0 Å². The molecule has 0 saturated heterocycles. The molecule has 174 valence electrons. The largest absolute Gasteiger partial charge is 1.00 e. The fraction of sp³-hybridized carbons (Fsp3) is 0.450. The number of halogens is 1. The number of carbonyl (C=O) groups is 2. The Morgan fingerprint density at radius 1 is 0.677 bits per heavy atom. The molecule has 31 heavy (non-hydrogen) atoms. The predicted octanol–water partition coefficient (Wildman–Crippen LogP) is -5.31. The molecule has 3 aromatic rings. The van der Waals surface area contributed by atoms with E-state index >= 15 is 0 Å². The van der Waals surface area contributed by atoms with E-state index in [-0.39, 0.29) is 17.0 Å². The second-order valence-electron chi connectivity index (χ2n) is 6.19. The zero-order chi connectivity index (χ0) is 23.1. The van der Waals surface area contributed by atoms with Gasteiger partial charge in [0.1, 0.15) is 37.2 Å². The molecule has 0 aliphatic heterocycles. The maximum Gasteiger partial charge on any atom is 0.253 e. The molecule has 0 unspecified atom stereocenters. The van der Waals surface area contributed by atoms with Crippen LogP contribution in [0.1, 0.15) is 38.2 Å². The Bertz CT molecular complexity index is 780. The van der Waals surface area contributed by atoms with Gasteiger partial charge in [-0.2, -0.15) is 0 Å². The number of H-pyrrole nitrogens is 3. The number of carbonyl (C=O) groups excluding carboxylic acids is 2. The number of aliphatic carboxylic acids is 2. The average molecular weight is 501 g/mol. The fourth-order valence-electron chi connectivity index (χ4n) is 2.37. The normalized spacial score (nSPS) is 8.97. The first-order chi connectivity index (χ1) is 14.2. The smallest absolute Gasteiger partial charge is 0.253 e. The molecule has 3 rings (SSSR count). The maximum absolute atomic E-state index is 8.93. The van der Waals surface area contributed by atoms with Gasteiger partial charge in [-0.25, -0.2) is 28.7 Å². The summed E-state index contributed by atoms with van der Waals surface area (Å²) in [5, 5.41) is 17.9. The first-order valence-corrected chi connectivity index (χ1v) is 9.65. The van der Waals surface area contributed by atoms with Gasteiger partial charge in [-0.05, 0) is 0 Å². The van der Waals surface area contributed by atoms with Gasteiger partial charge in [-0.15, -0.1) is 0 Å². The number of carboxylic acid groups (broad SMARTS) is 2. The van der Waals surface area contributed by atoms with Gasteiger partial charge in [-0.3, -0.25) is 0 Å². The fourth-order valence-corrected chi connectivity index (χ4v) is 2.37. The number of hydrogen-bond donors (Lipinski definition) is 3. The molecule has 0 radical (unpaired) electrons. The summed E-state index contributed by atoms with van der Waals surface area (Å²) in [5.41, 5.74) is 0. The molecular weight excluding hydrogens is 468 g/mol. The first kappa shape index (κ1) is 30.2. The lowest BCUT2D eigenvalue weighted by Gasteiger charge is -1.97. The number of carboxylic acids is 2. The lowest BCUT2D eigenvalue weighted by molar-refractivity contribution is -0.677. The quantitative estimate of drug-likeness (QED) is 0.244. The van der Waals surface area contributed by atoms with Crippen molar-refractivity contribution in [2.45, 2.75) is 40.0 Å². The van der Waals surface area contributed by atoms with E-state index in [4.69, 9.17) is 19.8 Å². The molecule has 0 fully saturated rings. The number of hydrogen-bond acceptors (Lipinski definition) is 4. The van der Waals surface area contributed by atoms with Crippen molar-refractivity contribution in [1.29, 1.82) is 0 Å². The summed E-state index contributed by atoms with van der Waals surface area (Å²) in [7, 11) is 6.11. The Morgan fingerprint density at radius 2 is 0.903 bits per heavy atom. The van der Waals surface area contributed by atoms with Crippen LogP contribution in [0.5, 0.6) is 0 Å². The van der Waals surface area contributed by atoms with Gasteiger partial charge in [0.05, 0.1) is 33.1 Å². The number of aromatic amines is 3. The number of aryl methyl sites for hydroxylation is 6. The van der Waals surface area contributed by atoms with E-state index in [0.717, 1.165) is 19.3 Å². The summed E-state index contributed by atoms with van der Waals surface area (Å²) < 4.78 is 6.25. The summed E-state index contributed by atoms with van der Waals surface area (Å²) >= 11 is 0. The molecule has 0 bridgehead atoms. The molecule has 0 amide bonds. The summed E-state index contributed by atoms with van der Waals surface area (Å²) in [4.78, 5) is 27.2. The van der Waals surface area contributed by atoms with Crippen LogP contribution in [0.4, 0.5) is 0 Å².